The SMILES string of the molecule is Cc1ccc(S(=O)(=O)NCC(c2ccccc2)N2CCOCC2)c2cccnc12. The standard InChI is InChI=1S/C22H25N3O3S/c1-17-9-10-21(19-8-5-11-23-22(17)19)29(26,27)24-16-20(18-6-3-2-4-7-18)25-12-14-28-15-13-25/h2-11,20,24H,12-16H2,1H3. The summed E-state index contributed by atoms with van der Waals surface area (Å²) in [6, 6.07) is 17.0. The minimum atomic E-state index is -3.69. The van der Waals surface area contributed by atoms with Gasteiger partial charge in [0.1, 0.15) is 0 Å². The number of rotatable bonds is 6. The second kappa shape index (κ2) is 8.59. The molecule has 3 aromatic rings. The first-order valence-electron chi connectivity index (χ1n) is 9.77. The first-order valence-corrected chi connectivity index (χ1v) is 11.3. The molecule has 1 aliphatic rings. The van der Waals surface area contributed by atoms with E-state index in [1.165, 1.54) is 0 Å². The lowest BCUT2D eigenvalue weighted by molar-refractivity contribution is 0.0172. The minimum Gasteiger partial charge on any atom is -0.379 e. The number of nitrogens with zero attached hydrogens (tertiary/aromatic N) is 2. The fourth-order valence-electron chi connectivity index (χ4n) is 3.81. The second-order valence-corrected chi connectivity index (χ2v) is 8.94. The summed E-state index contributed by atoms with van der Waals surface area (Å²) in [5, 5.41) is 0.641. The number of benzene rings is 2. The minimum absolute atomic E-state index is 0.0512. The van der Waals surface area contributed by atoms with Crippen molar-refractivity contribution in [2.45, 2.75) is 17.9 Å². The van der Waals surface area contributed by atoms with Crippen LogP contribution in [0.3, 0.4) is 0 Å². The molecule has 1 unspecified atom stereocenters. The van der Waals surface area contributed by atoms with Crippen LogP contribution in [0, 0.1) is 6.92 Å². The third-order valence-electron chi connectivity index (χ3n) is 5.36. The Bertz CT molecular complexity index is 1080. The third kappa shape index (κ3) is 4.33. The van der Waals surface area contributed by atoms with Crippen molar-refractivity contribution >= 4 is 20.9 Å². The summed E-state index contributed by atoms with van der Waals surface area (Å²) in [6.45, 7) is 5.09. The number of hydrogen-bond donors (Lipinski definition) is 1. The van der Waals surface area contributed by atoms with Gasteiger partial charge in [-0.15, -0.1) is 0 Å². The Hall–Kier alpha value is -2.32. The second-order valence-electron chi connectivity index (χ2n) is 7.21. The van der Waals surface area contributed by atoms with Crippen molar-refractivity contribution in [3.05, 3.63) is 71.9 Å². The summed E-state index contributed by atoms with van der Waals surface area (Å²) >= 11 is 0. The molecule has 1 aliphatic heterocycles. The van der Waals surface area contributed by atoms with Crippen molar-refractivity contribution < 1.29 is 13.2 Å². The third-order valence-corrected chi connectivity index (χ3v) is 6.84. The molecule has 1 aromatic heterocycles. The van der Waals surface area contributed by atoms with Gasteiger partial charge in [-0.05, 0) is 36.2 Å². The van der Waals surface area contributed by atoms with Gasteiger partial charge >= 0.3 is 0 Å². The van der Waals surface area contributed by atoms with Gasteiger partial charge < -0.3 is 4.74 Å². The molecule has 7 heteroatoms. The topological polar surface area (TPSA) is 71.5 Å². The van der Waals surface area contributed by atoms with Crippen molar-refractivity contribution in [3.8, 4) is 0 Å². The number of aryl methyl sites for hydroxylation is 1. The van der Waals surface area contributed by atoms with Gasteiger partial charge in [-0.25, -0.2) is 13.1 Å². The van der Waals surface area contributed by atoms with E-state index in [0.29, 0.717) is 30.7 Å². The highest BCUT2D eigenvalue weighted by Gasteiger charge is 2.26. The van der Waals surface area contributed by atoms with Crippen LogP contribution in [0.15, 0.2) is 65.7 Å². The Kier molecular flexibility index (Phi) is 5.91. The van der Waals surface area contributed by atoms with Crippen molar-refractivity contribution in [2.75, 3.05) is 32.8 Å². The Morgan fingerprint density at radius 3 is 2.59 bits per heavy atom. The lowest BCUT2D eigenvalue weighted by Gasteiger charge is -2.34. The van der Waals surface area contributed by atoms with E-state index in [0.717, 1.165) is 24.2 Å². The summed E-state index contributed by atoms with van der Waals surface area (Å²) in [5.41, 5.74) is 2.76. The fourth-order valence-corrected chi connectivity index (χ4v) is 5.04. The first kappa shape index (κ1) is 20.0. The molecule has 2 heterocycles. The monoisotopic (exact) mass is 411 g/mol. The van der Waals surface area contributed by atoms with Crippen molar-refractivity contribution in [1.29, 1.82) is 0 Å². The molecular weight excluding hydrogens is 386 g/mol. The van der Waals surface area contributed by atoms with Gasteiger partial charge in [-0.3, -0.25) is 9.88 Å². The van der Waals surface area contributed by atoms with Gasteiger partial charge in [0, 0.05) is 37.3 Å². The highest BCUT2D eigenvalue weighted by molar-refractivity contribution is 7.89. The number of morpholine rings is 1. The van der Waals surface area contributed by atoms with Gasteiger partial charge in [0.25, 0.3) is 0 Å². The van der Waals surface area contributed by atoms with E-state index in [9.17, 15) is 8.42 Å². The Labute approximate surface area is 171 Å². The van der Waals surface area contributed by atoms with Crippen LogP contribution in [0.5, 0.6) is 0 Å². The maximum Gasteiger partial charge on any atom is 0.241 e. The number of nitrogens with one attached hydrogen (secondary N) is 1. The molecule has 152 valence electrons. The van der Waals surface area contributed by atoms with Crippen molar-refractivity contribution in [1.82, 2.24) is 14.6 Å². The van der Waals surface area contributed by atoms with E-state index >= 15 is 0 Å². The average molecular weight is 412 g/mol. The fraction of sp³-hybridized carbons (Fsp3) is 0.318. The summed E-state index contributed by atoms with van der Waals surface area (Å²) in [6.07, 6.45) is 1.68. The quantitative estimate of drug-likeness (QED) is 0.675. The molecule has 0 radical (unpaired) electrons. The predicted octanol–water partition coefficient (Wildman–Crippen LogP) is 2.90. The maximum absolute atomic E-state index is 13.2. The molecule has 4 rings (SSSR count). The van der Waals surface area contributed by atoms with Gasteiger partial charge in [-0.2, -0.15) is 0 Å². The molecule has 0 bridgehead atoms. The zero-order valence-corrected chi connectivity index (χ0v) is 17.2. The lowest BCUT2D eigenvalue weighted by atomic mass is 10.1. The molecular formula is C22H25N3O3S. The number of aromatic nitrogens is 1. The maximum atomic E-state index is 13.2. The predicted molar refractivity (Wildman–Crippen MR) is 113 cm³/mol. The van der Waals surface area contributed by atoms with Crippen molar-refractivity contribution in [2.24, 2.45) is 0 Å². The summed E-state index contributed by atoms with van der Waals surface area (Å²) < 4.78 is 34.7. The Morgan fingerprint density at radius 1 is 1.07 bits per heavy atom. The average Bonchev–Trinajstić information content (AvgIpc) is 2.76. The van der Waals surface area contributed by atoms with E-state index in [1.54, 1.807) is 30.5 Å². The van der Waals surface area contributed by atoms with E-state index in [4.69, 9.17) is 4.74 Å². The van der Waals surface area contributed by atoms with E-state index in [2.05, 4.69) is 14.6 Å². The Morgan fingerprint density at radius 2 is 1.83 bits per heavy atom. The van der Waals surface area contributed by atoms with Crippen LogP contribution in [0.1, 0.15) is 17.2 Å². The molecule has 29 heavy (non-hydrogen) atoms. The number of ether oxygens (including phenoxy) is 1. The molecule has 0 aliphatic carbocycles. The number of pyridine rings is 1. The molecule has 0 amide bonds. The highest BCUT2D eigenvalue weighted by Crippen LogP contribution is 2.26. The van der Waals surface area contributed by atoms with Crippen molar-refractivity contribution in [3.63, 3.8) is 0 Å². The molecule has 2 aromatic carbocycles. The van der Waals surface area contributed by atoms with E-state index in [-0.39, 0.29) is 10.9 Å². The largest absolute Gasteiger partial charge is 0.379 e. The molecule has 1 saturated heterocycles. The summed E-state index contributed by atoms with van der Waals surface area (Å²) in [7, 11) is -3.69. The van der Waals surface area contributed by atoms with E-state index in [1.807, 2.05) is 37.3 Å². The van der Waals surface area contributed by atoms with Crippen LogP contribution in [0.2, 0.25) is 0 Å². The van der Waals surface area contributed by atoms with Gasteiger partial charge in [-0.1, -0.05) is 36.4 Å². The van der Waals surface area contributed by atoms with Gasteiger partial charge in [0.2, 0.25) is 10.0 Å². The van der Waals surface area contributed by atoms with Crippen LogP contribution >= 0.6 is 0 Å². The number of hydrogen-bond acceptors (Lipinski definition) is 5. The summed E-state index contributed by atoms with van der Waals surface area (Å²) in [4.78, 5) is 6.89. The van der Waals surface area contributed by atoms with E-state index < -0.39 is 10.0 Å². The number of sulfonamides is 1. The van der Waals surface area contributed by atoms with Crippen LogP contribution in [-0.4, -0.2) is 51.1 Å². The zero-order chi connectivity index (χ0) is 20.3. The normalized spacial score (nSPS) is 16.7. The smallest absolute Gasteiger partial charge is 0.241 e. The van der Waals surface area contributed by atoms with Crippen LogP contribution in [0.25, 0.3) is 10.9 Å². The summed E-state index contributed by atoms with van der Waals surface area (Å²) in [5.74, 6) is 0. The van der Waals surface area contributed by atoms with Crippen LogP contribution in [0.4, 0.5) is 0 Å². The van der Waals surface area contributed by atoms with Gasteiger partial charge in [0.15, 0.2) is 0 Å². The molecule has 1 N–H and O–H groups in total. The molecule has 6 nitrogen and oxygen atoms in total. The van der Waals surface area contributed by atoms with Crippen LogP contribution < -0.4 is 4.72 Å². The molecule has 1 atom stereocenters. The Balaban J connectivity index is 1.62. The number of fused-ring (bicyclic) bond motifs is 1. The molecule has 0 spiro atoms. The lowest BCUT2D eigenvalue weighted by Crippen LogP contribution is -2.43. The highest BCUT2D eigenvalue weighted by atomic mass is 32.2. The van der Waals surface area contributed by atoms with Crippen LogP contribution in [-0.2, 0) is 14.8 Å². The first-order chi connectivity index (χ1) is 14.1. The zero-order valence-electron chi connectivity index (χ0n) is 16.4. The molecule has 0 saturated carbocycles. The molecule has 1 fully saturated rings. The van der Waals surface area contributed by atoms with Gasteiger partial charge in [0.05, 0.1) is 23.6 Å².